The van der Waals surface area contributed by atoms with Crippen LogP contribution in [0.1, 0.15) is 51.3 Å². The number of anilines is 1. The summed E-state index contributed by atoms with van der Waals surface area (Å²) in [4.78, 5) is 31.3. The molecule has 3 aromatic rings. The SMILES string of the molecule is CCCCCCSc1n[n+]2c(c(=O)[nH]1)-c1ccccc1N(C(C)=O)[C@H]2c1cc(OC)c(OC)cc1OC. The summed E-state index contributed by atoms with van der Waals surface area (Å²) < 4.78 is 18.4. The molecule has 0 unspecified atom stereocenters. The average molecular weight is 526 g/mol. The number of unbranched alkanes of at least 4 members (excludes halogenated alkanes) is 3. The number of hydrogen-bond donors (Lipinski definition) is 1. The average Bonchev–Trinajstić information content (AvgIpc) is 2.91. The number of aromatic amines is 1. The highest BCUT2D eigenvalue weighted by Crippen LogP contribution is 2.43. The number of methoxy groups -OCH3 is 3. The molecule has 1 aliphatic heterocycles. The van der Waals surface area contributed by atoms with E-state index < -0.39 is 6.17 Å². The van der Waals surface area contributed by atoms with Crippen LogP contribution in [0.25, 0.3) is 11.3 Å². The molecule has 1 aliphatic rings. The first-order valence-electron chi connectivity index (χ1n) is 12.3. The van der Waals surface area contributed by atoms with Crippen LogP contribution < -0.4 is 29.4 Å². The van der Waals surface area contributed by atoms with Gasteiger partial charge in [-0.05, 0) is 29.3 Å². The first-order valence-corrected chi connectivity index (χ1v) is 13.3. The molecular weight excluding hydrogens is 492 g/mol. The molecule has 0 saturated heterocycles. The molecule has 2 aromatic carbocycles. The Morgan fingerprint density at radius 2 is 1.76 bits per heavy atom. The topological polar surface area (TPSA) is 97.6 Å². The molecule has 1 amide bonds. The van der Waals surface area contributed by atoms with Crippen molar-refractivity contribution in [2.24, 2.45) is 0 Å². The number of benzene rings is 2. The largest absolute Gasteiger partial charge is 0.496 e. The molecule has 1 aromatic heterocycles. The van der Waals surface area contributed by atoms with Gasteiger partial charge in [-0.3, -0.25) is 14.6 Å². The van der Waals surface area contributed by atoms with Gasteiger partial charge in [0.15, 0.2) is 11.5 Å². The summed E-state index contributed by atoms with van der Waals surface area (Å²) in [5.74, 6) is 2.06. The number of para-hydroxylation sites is 1. The van der Waals surface area contributed by atoms with E-state index in [1.165, 1.54) is 25.1 Å². The first kappa shape index (κ1) is 26.5. The molecule has 0 bridgehead atoms. The summed E-state index contributed by atoms with van der Waals surface area (Å²) >= 11 is 1.50. The van der Waals surface area contributed by atoms with Crippen LogP contribution in [-0.2, 0) is 4.79 Å². The molecule has 4 rings (SSSR count). The predicted molar refractivity (Wildman–Crippen MR) is 143 cm³/mol. The molecule has 0 saturated carbocycles. The van der Waals surface area contributed by atoms with Gasteiger partial charge >= 0.3 is 11.3 Å². The van der Waals surface area contributed by atoms with E-state index in [9.17, 15) is 9.59 Å². The van der Waals surface area contributed by atoms with Gasteiger partial charge in [0, 0.05) is 23.8 Å². The Morgan fingerprint density at radius 1 is 1.05 bits per heavy atom. The van der Waals surface area contributed by atoms with Gasteiger partial charge in [-0.1, -0.05) is 50.1 Å². The number of fused-ring (bicyclic) bond motifs is 3. The summed E-state index contributed by atoms with van der Waals surface area (Å²) in [5.41, 5.74) is 1.94. The van der Waals surface area contributed by atoms with Crippen LogP contribution >= 0.6 is 11.8 Å². The van der Waals surface area contributed by atoms with Gasteiger partial charge in [-0.25, -0.2) is 4.90 Å². The van der Waals surface area contributed by atoms with Crippen molar-refractivity contribution in [3.63, 3.8) is 0 Å². The summed E-state index contributed by atoms with van der Waals surface area (Å²) in [7, 11) is 4.64. The third-order valence-electron chi connectivity index (χ3n) is 6.35. The third kappa shape index (κ3) is 5.16. The van der Waals surface area contributed by atoms with Crippen LogP contribution in [-0.4, -0.2) is 43.1 Å². The lowest BCUT2D eigenvalue weighted by Crippen LogP contribution is -2.60. The molecule has 196 valence electrons. The molecule has 0 aliphatic carbocycles. The van der Waals surface area contributed by atoms with Crippen LogP contribution in [0, 0.1) is 0 Å². The Bertz CT molecular complexity index is 1340. The van der Waals surface area contributed by atoms with Crippen LogP contribution in [0.4, 0.5) is 5.69 Å². The fourth-order valence-corrected chi connectivity index (χ4v) is 5.46. The normalized spacial score (nSPS) is 14.1. The first-order chi connectivity index (χ1) is 17.9. The summed E-state index contributed by atoms with van der Waals surface area (Å²) in [6, 6.07) is 10.8. The van der Waals surface area contributed by atoms with Crippen molar-refractivity contribution in [3.8, 4) is 28.5 Å². The van der Waals surface area contributed by atoms with E-state index in [0.29, 0.717) is 44.9 Å². The molecule has 0 fully saturated rings. The van der Waals surface area contributed by atoms with Crippen LogP contribution in [0.3, 0.4) is 0 Å². The highest BCUT2D eigenvalue weighted by Gasteiger charge is 2.46. The summed E-state index contributed by atoms with van der Waals surface area (Å²) in [6.45, 7) is 3.67. The van der Waals surface area contributed by atoms with Crippen LogP contribution in [0.2, 0.25) is 0 Å². The van der Waals surface area contributed by atoms with E-state index in [1.54, 1.807) is 43.0 Å². The Balaban J connectivity index is 1.94. The van der Waals surface area contributed by atoms with Crippen LogP contribution in [0.15, 0.2) is 46.3 Å². The quantitative estimate of drug-likeness (QED) is 0.239. The lowest BCUT2D eigenvalue weighted by Gasteiger charge is -2.32. The van der Waals surface area contributed by atoms with Crippen LogP contribution in [0.5, 0.6) is 17.2 Å². The zero-order valence-corrected chi connectivity index (χ0v) is 22.7. The smallest absolute Gasteiger partial charge is 0.325 e. The van der Waals surface area contributed by atoms with E-state index >= 15 is 0 Å². The number of ether oxygens (including phenoxy) is 3. The van der Waals surface area contributed by atoms with E-state index in [0.717, 1.165) is 25.0 Å². The number of thioether (sulfide) groups is 1. The maximum atomic E-state index is 13.5. The van der Waals surface area contributed by atoms with E-state index in [4.69, 9.17) is 19.3 Å². The van der Waals surface area contributed by atoms with E-state index in [-0.39, 0.29) is 11.5 Å². The van der Waals surface area contributed by atoms with Gasteiger partial charge in [0.05, 0.1) is 38.1 Å². The van der Waals surface area contributed by atoms with Crippen molar-refractivity contribution >= 4 is 23.4 Å². The van der Waals surface area contributed by atoms with E-state index in [2.05, 4.69) is 11.9 Å². The standard InChI is InChI=1S/C27H32N4O5S/c1-6-7-8-11-14-37-27-28-25(33)24-18-12-9-10-13-20(18)30(17(2)32)26(31(24)29-27)19-15-22(35-4)23(36-5)16-21(19)34-3/h9-10,12-13,15-16,26H,6-8,11,14H2,1-5H3/p+1/t26-/m1/s1. The molecule has 9 nitrogen and oxygen atoms in total. The van der Waals surface area contributed by atoms with Crippen molar-refractivity contribution < 1.29 is 23.7 Å². The number of amides is 1. The number of H-pyrrole nitrogens is 1. The number of hydrogen-bond acceptors (Lipinski definition) is 7. The second-order valence-corrected chi connectivity index (χ2v) is 9.77. The minimum Gasteiger partial charge on any atom is -0.496 e. The van der Waals surface area contributed by atoms with Crippen molar-refractivity contribution in [2.75, 3.05) is 32.0 Å². The number of aromatic nitrogens is 3. The number of nitrogens with one attached hydrogen (secondary N) is 1. The van der Waals surface area contributed by atoms with E-state index in [1.807, 2.05) is 24.3 Å². The maximum absolute atomic E-state index is 13.5. The zero-order chi connectivity index (χ0) is 26.5. The Kier molecular flexibility index (Phi) is 8.38. The number of carbonyl (C=O) groups is 1. The second kappa shape index (κ2) is 11.7. The third-order valence-corrected chi connectivity index (χ3v) is 7.30. The van der Waals surface area contributed by atoms with Gasteiger partial charge in [-0.15, -0.1) is 0 Å². The van der Waals surface area contributed by atoms with Crippen molar-refractivity contribution in [2.45, 2.75) is 50.9 Å². The van der Waals surface area contributed by atoms with Gasteiger partial charge < -0.3 is 14.2 Å². The van der Waals surface area contributed by atoms with Crippen molar-refractivity contribution in [3.05, 3.63) is 52.3 Å². The Labute approximate surface area is 220 Å². The molecular formula is C27H33N4O5S+. The lowest BCUT2D eigenvalue weighted by atomic mass is 10.0. The summed E-state index contributed by atoms with van der Waals surface area (Å²) in [6.07, 6.45) is 3.69. The Morgan fingerprint density at radius 3 is 2.43 bits per heavy atom. The van der Waals surface area contributed by atoms with Gasteiger partial charge in [0.2, 0.25) is 11.1 Å². The molecule has 10 heteroatoms. The minimum atomic E-state index is -0.793. The number of carbonyl (C=O) groups excluding carboxylic acids is 1. The van der Waals surface area contributed by atoms with Gasteiger partial charge in [0.25, 0.3) is 6.17 Å². The molecule has 37 heavy (non-hydrogen) atoms. The fourth-order valence-electron chi connectivity index (χ4n) is 4.61. The highest BCUT2D eigenvalue weighted by molar-refractivity contribution is 7.99. The Hall–Kier alpha value is -3.53. The van der Waals surface area contributed by atoms with Gasteiger partial charge in [0.1, 0.15) is 5.75 Å². The molecule has 0 radical (unpaired) electrons. The summed E-state index contributed by atoms with van der Waals surface area (Å²) in [5, 5.41) is 5.36. The molecule has 2 heterocycles. The zero-order valence-electron chi connectivity index (χ0n) is 21.9. The second-order valence-electron chi connectivity index (χ2n) is 8.69. The lowest BCUT2D eigenvalue weighted by molar-refractivity contribution is -0.763. The molecule has 0 spiro atoms. The molecule has 1 atom stereocenters. The molecule has 1 N–H and O–H groups in total. The number of rotatable bonds is 10. The van der Waals surface area contributed by atoms with Crippen molar-refractivity contribution in [1.82, 2.24) is 10.1 Å². The van der Waals surface area contributed by atoms with Crippen molar-refractivity contribution in [1.29, 1.82) is 0 Å². The maximum Gasteiger partial charge on any atom is 0.325 e. The van der Waals surface area contributed by atoms with Gasteiger partial charge in [-0.2, -0.15) is 0 Å². The highest BCUT2D eigenvalue weighted by atomic mass is 32.2. The monoisotopic (exact) mass is 525 g/mol. The predicted octanol–water partition coefficient (Wildman–Crippen LogP) is 4.34. The number of nitrogens with zero attached hydrogens (tertiary/aromatic N) is 3. The minimum absolute atomic E-state index is 0.205. The fraction of sp³-hybridized carbons (Fsp3) is 0.407.